The van der Waals surface area contributed by atoms with Gasteiger partial charge in [0.2, 0.25) is 0 Å². The molecular formula is C34H41FN6O3. The van der Waals surface area contributed by atoms with E-state index in [2.05, 4.69) is 15.1 Å². The highest BCUT2D eigenvalue weighted by Crippen LogP contribution is 2.47. The smallest absolute Gasteiger partial charge is 0.319 e. The normalized spacial score (nSPS) is 24.3. The zero-order valence-electron chi connectivity index (χ0n) is 25.4. The zero-order valence-corrected chi connectivity index (χ0v) is 25.4. The maximum Gasteiger partial charge on any atom is 0.319 e. The van der Waals surface area contributed by atoms with E-state index in [1.165, 1.54) is 18.9 Å². The average molecular weight is 601 g/mol. The summed E-state index contributed by atoms with van der Waals surface area (Å²) in [6.45, 7) is 7.87. The molecule has 4 aliphatic heterocycles. The van der Waals surface area contributed by atoms with Crippen LogP contribution in [0.1, 0.15) is 67.1 Å². The van der Waals surface area contributed by atoms with Gasteiger partial charge in [-0.2, -0.15) is 9.97 Å². The molecule has 5 heterocycles. The number of ether oxygens (including phenoxy) is 1. The third-order valence-corrected chi connectivity index (χ3v) is 10.5. The Hall–Kier alpha value is -3.50. The lowest BCUT2D eigenvalue weighted by molar-refractivity contribution is 0.0973. The van der Waals surface area contributed by atoms with Crippen LogP contribution in [0.3, 0.4) is 0 Å². The van der Waals surface area contributed by atoms with Gasteiger partial charge in [0, 0.05) is 60.7 Å². The molecule has 10 heteroatoms. The van der Waals surface area contributed by atoms with Crippen LogP contribution in [0, 0.1) is 11.2 Å². The summed E-state index contributed by atoms with van der Waals surface area (Å²) in [4.78, 5) is 30.7. The van der Waals surface area contributed by atoms with Crippen LogP contribution in [0.4, 0.5) is 15.9 Å². The van der Waals surface area contributed by atoms with Gasteiger partial charge in [0.1, 0.15) is 23.1 Å². The molecule has 0 radical (unpaired) electrons. The van der Waals surface area contributed by atoms with Crippen molar-refractivity contribution in [3.63, 3.8) is 0 Å². The minimum Gasteiger partial charge on any atom is -0.508 e. The summed E-state index contributed by atoms with van der Waals surface area (Å²) in [6.07, 6.45) is 8.11. The predicted octanol–water partition coefficient (Wildman–Crippen LogP) is 4.44. The Morgan fingerprint density at radius 1 is 1.09 bits per heavy atom. The number of nitrogens with one attached hydrogen (secondary N) is 1. The van der Waals surface area contributed by atoms with Gasteiger partial charge < -0.3 is 29.9 Å². The molecule has 232 valence electrons. The van der Waals surface area contributed by atoms with Gasteiger partial charge in [0.25, 0.3) is 5.91 Å². The number of nitrogens with zero attached hydrogens (tertiary/aromatic N) is 5. The molecule has 2 aromatic carbocycles. The van der Waals surface area contributed by atoms with Crippen molar-refractivity contribution in [1.29, 1.82) is 0 Å². The Labute approximate surface area is 257 Å². The third-order valence-electron chi connectivity index (χ3n) is 10.5. The fraction of sp³-hybridized carbons (Fsp3) is 0.559. The number of likely N-dealkylation sites (tertiary alicyclic amines) is 1. The highest BCUT2D eigenvalue weighted by Gasteiger charge is 2.46. The summed E-state index contributed by atoms with van der Waals surface area (Å²) in [7, 11) is 0. The Bertz CT molecular complexity index is 1610. The standard InChI is InChI=1S/C34H41FN6O3/c1-2-25-27(35)8-5-21-15-24(42)16-28(29(21)25)41-14-9-26-30(32(41)43)37-33(38-31(26)40-17-22-6-7-23(18-40)36-22)44-20-34(10-11-34)19-39-12-3-4-13-39/h5,8,15-16,22-23,36,42H,2-4,6-7,9-14,17-20H2,1H3/t22-,23+. The van der Waals surface area contributed by atoms with Gasteiger partial charge >= 0.3 is 6.01 Å². The van der Waals surface area contributed by atoms with Crippen molar-refractivity contribution in [3.05, 3.63) is 46.9 Å². The van der Waals surface area contributed by atoms with E-state index in [0.717, 1.165) is 69.8 Å². The number of aryl methyl sites for hydroxylation is 1. The van der Waals surface area contributed by atoms with Crippen LogP contribution >= 0.6 is 0 Å². The van der Waals surface area contributed by atoms with E-state index in [1.54, 1.807) is 23.1 Å². The van der Waals surface area contributed by atoms with Gasteiger partial charge in [-0.15, -0.1) is 0 Å². The van der Waals surface area contributed by atoms with Gasteiger partial charge in [0.15, 0.2) is 0 Å². The first-order valence-corrected chi connectivity index (χ1v) is 16.4. The lowest BCUT2D eigenvalue weighted by atomic mass is 9.97. The van der Waals surface area contributed by atoms with E-state index >= 15 is 0 Å². The molecule has 1 amide bonds. The van der Waals surface area contributed by atoms with Crippen LogP contribution in [0.15, 0.2) is 24.3 Å². The summed E-state index contributed by atoms with van der Waals surface area (Å²) in [5, 5.41) is 15.7. The number of hydrogen-bond donors (Lipinski definition) is 2. The number of anilines is 2. The quantitative estimate of drug-likeness (QED) is 0.392. The molecule has 1 aliphatic carbocycles. The number of benzene rings is 2. The fourth-order valence-electron chi connectivity index (χ4n) is 8.03. The molecule has 1 saturated carbocycles. The SMILES string of the molecule is CCc1c(F)ccc2cc(O)cc(N3CCc4c(nc(OCC5(CN6CCCC6)CC5)nc4N4C[C@H]5CC[C@@H](C4)N5)C3=O)c12. The molecule has 2 atom stereocenters. The van der Waals surface area contributed by atoms with E-state index in [0.29, 0.717) is 65.8 Å². The number of carbonyl (C=O) groups excluding carboxylic acids is 1. The molecule has 9 nitrogen and oxygen atoms in total. The molecule has 3 saturated heterocycles. The number of aromatic nitrogens is 2. The van der Waals surface area contributed by atoms with Crippen LogP contribution < -0.4 is 19.9 Å². The van der Waals surface area contributed by atoms with Crippen LogP contribution in [-0.2, 0) is 12.8 Å². The van der Waals surface area contributed by atoms with Crippen LogP contribution in [-0.4, -0.2) is 83.8 Å². The lowest BCUT2D eigenvalue weighted by Crippen LogP contribution is -2.52. The molecule has 2 bridgehead atoms. The maximum atomic E-state index is 15.0. The average Bonchev–Trinajstić information content (AvgIpc) is 3.42. The van der Waals surface area contributed by atoms with E-state index in [1.807, 2.05) is 6.92 Å². The van der Waals surface area contributed by atoms with E-state index in [-0.39, 0.29) is 28.9 Å². The first-order valence-electron chi connectivity index (χ1n) is 16.4. The zero-order chi connectivity index (χ0) is 30.0. The highest BCUT2D eigenvalue weighted by molar-refractivity contribution is 6.13. The Morgan fingerprint density at radius 2 is 1.86 bits per heavy atom. The summed E-state index contributed by atoms with van der Waals surface area (Å²) >= 11 is 0. The second-order valence-corrected chi connectivity index (χ2v) is 13.6. The number of amides is 1. The number of aromatic hydroxyl groups is 1. The van der Waals surface area contributed by atoms with Crippen molar-refractivity contribution in [2.45, 2.75) is 70.4 Å². The van der Waals surface area contributed by atoms with E-state index in [9.17, 15) is 14.3 Å². The van der Waals surface area contributed by atoms with Gasteiger partial charge in [-0.25, -0.2) is 4.39 Å². The molecule has 4 fully saturated rings. The first-order chi connectivity index (χ1) is 21.4. The van der Waals surface area contributed by atoms with Gasteiger partial charge in [-0.1, -0.05) is 13.0 Å². The molecule has 8 rings (SSSR count). The molecule has 2 N–H and O–H groups in total. The number of phenols is 1. The number of phenolic OH excluding ortho intramolecular Hbond substituents is 1. The van der Waals surface area contributed by atoms with Crippen LogP contribution in [0.2, 0.25) is 0 Å². The fourth-order valence-corrected chi connectivity index (χ4v) is 8.03. The topological polar surface area (TPSA) is 94.1 Å². The van der Waals surface area contributed by atoms with Crippen molar-refractivity contribution >= 4 is 28.2 Å². The van der Waals surface area contributed by atoms with Gasteiger partial charge in [0.05, 0.1) is 12.3 Å². The highest BCUT2D eigenvalue weighted by atomic mass is 19.1. The monoisotopic (exact) mass is 600 g/mol. The minimum absolute atomic E-state index is 0.0381. The lowest BCUT2D eigenvalue weighted by Gasteiger charge is -2.37. The van der Waals surface area contributed by atoms with Crippen molar-refractivity contribution in [2.75, 3.05) is 55.7 Å². The van der Waals surface area contributed by atoms with Crippen molar-refractivity contribution in [1.82, 2.24) is 20.2 Å². The van der Waals surface area contributed by atoms with Crippen molar-refractivity contribution < 1.29 is 19.0 Å². The van der Waals surface area contributed by atoms with Crippen molar-refractivity contribution in [2.24, 2.45) is 5.41 Å². The molecule has 3 aromatic rings. The van der Waals surface area contributed by atoms with Crippen LogP contribution in [0.5, 0.6) is 11.8 Å². The molecule has 44 heavy (non-hydrogen) atoms. The Balaban J connectivity index is 1.16. The molecule has 0 spiro atoms. The molecule has 5 aliphatic rings. The number of piperazine rings is 1. The predicted molar refractivity (Wildman–Crippen MR) is 167 cm³/mol. The number of rotatable bonds is 8. The van der Waals surface area contributed by atoms with E-state index in [4.69, 9.17) is 14.7 Å². The molecule has 0 unspecified atom stereocenters. The molecular weight excluding hydrogens is 559 g/mol. The van der Waals surface area contributed by atoms with Crippen LogP contribution in [0.25, 0.3) is 10.8 Å². The number of carbonyl (C=O) groups is 1. The summed E-state index contributed by atoms with van der Waals surface area (Å²) in [5.41, 5.74) is 2.38. The van der Waals surface area contributed by atoms with Gasteiger partial charge in [-0.3, -0.25) is 4.79 Å². The summed E-state index contributed by atoms with van der Waals surface area (Å²) in [6, 6.07) is 7.38. The minimum atomic E-state index is -0.312. The second-order valence-electron chi connectivity index (χ2n) is 13.6. The second kappa shape index (κ2) is 10.8. The number of halogens is 1. The number of hydrogen-bond acceptors (Lipinski definition) is 8. The Morgan fingerprint density at radius 3 is 2.59 bits per heavy atom. The number of fused-ring (bicyclic) bond motifs is 4. The summed E-state index contributed by atoms with van der Waals surface area (Å²) in [5.74, 6) is 0.265. The van der Waals surface area contributed by atoms with Crippen molar-refractivity contribution in [3.8, 4) is 11.8 Å². The third kappa shape index (κ3) is 4.96. The van der Waals surface area contributed by atoms with E-state index < -0.39 is 0 Å². The summed E-state index contributed by atoms with van der Waals surface area (Å²) < 4.78 is 21.4. The Kier molecular flexibility index (Phi) is 6.90. The maximum absolute atomic E-state index is 15.0. The van der Waals surface area contributed by atoms with Gasteiger partial charge in [-0.05, 0) is 87.5 Å². The largest absolute Gasteiger partial charge is 0.508 e. The first kappa shape index (κ1) is 28.0. The molecule has 1 aromatic heterocycles.